The van der Waals surface area contributed by atoms with E-state index in [0.717, 1.165) is 0 Å². The van der Waals surface area contributed by atoms with Crippen LogP contribution in [0.4, 0.5) is 14.5 Å². The van der Waals surface area contributed by atoms with Gasteiger partial charge in [-0.1, -0.05) is 12.1 Å². The number of carbonyl (C=O) groups excluding carboxylic acids is 2. The molecular formula is C17H14F2N2O2. The largest absolute Gasteiger partial charge is 0.347 e. The summed E-state index contributed by atoms with van der Waals surface area (Å²) in [6.45, 7) is 0.269. The van der Waals surface area contributed by atoms with Gasteiger partial charge in [0.15, 0.2) is 0 Å². The Hall–Kier alpha value is -2.76. The van der Waals surface area contributed by atoms with Crippen molar-refractivity contribution in [2.75, 3.05) is 11.4 Å². The van der Waals surface area contributed by atoms with Gasteiger partial charge in [0.1, 0.15) is 11.6 Å². The van der Waals surface area contributed by atoms with Gasteiger partial charge in [0.05, 0.1) is 11.6 Å². The van der Waals surface area contributed by atoms with Crippen LogP contribution in [0.5, 0.6) is 0 Å². The zero-order valence-electron chi connectivity index (χ0n) is 12.1. The van der Waals surface area contributed by atoms with Crippen molar-refractivity contribution in [1.82, 2.24) is 5.32 Å². The molecule has 2 amide bonds. The van der Waals surface area contributed by atoms with Crippen LogP contribution in [0, 0.1) is 11.6 Å². The SMILES string of the molecule is O=C(NC1CC(=O)N(c2ccc(F)cc2)C1)c1ccccc1F. The Morgan fingerprint density at radius 2 is 1.78 bits per heavy atom. The van der Waals surface area contributed by atoms with Gasteiger partial charge in [0, 0.05) is 18.7 Å². The molecule has 1 aliphatic heterocycles. The van der Waals surface area contributed by atoms with Crippen LogP contribution in [-0.2, 0) is 4.79 Å². The van der Waals surface area contributed by atoms with Gasteiger partial charge in [-0.25, -0.2) is 8.78 Å². The predicted octanol–water partition coefficient (Wildman–Crippen LogP) is 2.50. The zero-order valence-corrected chi connectivity index (χ0v) is 12.1. The molecule has 2 aromatic rings. The molecule has 6 heteroatoms. The predicted molar refractivity (Wildman–Crippen MR) is 81.0 cm³/mol. The number of carbonyl (C=O) groups is 2. The highest BCUT2D eigenvalue weighted by atomic mass is 19.1. The van der Waals surface area contributed by atoms with Gasteiger partial charge in [0.2, 0.25) is 5.91 Å². The molecule has 0 saturated carbocycles. The number of halogens is 2. The second-order valence-electron chi connectivity index (χ2n) is 5.34. The third-order valence-electron chi connectivity index (χ3n) is 3.72. The smallest absolute Gasteiger partial charge is 0.254 e. The molecule has 3 rings (SSSR count). The van der Waals surface area contributed by atoms with Crippen molar-refractivity contribution >= 4 is 17.5 Å². The van der Waals surface area contributed by atoms with Gasteiger partial charge >= 0.3 is 0 Å². The van der Waals surface area contributed by atoms with E-state index in [-0.39, 0.29) is 30.3 Å². The van der Waals surface area contributed by atoms with Crippen LogP contribution in [0.25, 0.3) is 0 Å². The van der Waals surface area contributed by atoms with E-state index >= 15 is 0 Å². The fourth-order valence-corrected chi connectivity index (χ4v) is 2.58. The van der Waals surface area contributed by atoms with Gasteiger partial charge in [-0.3, -0.25) is 9.59 Å². The first-order chi connectivity index (χ1) is 11.0. The highest BCUT2D eigenvalue weighted by Gasteiger charge is 2.32. The van der Waals surface area contributed by atoms with Crippen LogP contribution in [0.3, 0.4) is 0 Å². The minimum absolute atomic E-state index is 0.0554. The van der Waals surface area contributed by atoms with Gasteiger partial charge in [-0.2, -0.15) is 0 Å². The van der Waals surface area contributed by atoms with Crippen LogP contribution >= 0.6 is 0 Å². The Bertz CT molecular complexity index is 747. The summed E-state index contributed by atoms with van der Waals surface area (Å²) in [5.74, 6) is -1.72. The van der Waals surface area contributed by atoms with E-state index in [1.54, 1.807) is 6.07 Å². The quantitative estimate of drug-likeness (QED) is 0.946. The van der Waals surface area contributed by atoms with Crippen LogP contribution in [0.1, 0.15) is 16.8 Å². The maximum absolute atomic E-state index is 13.6. The molecule has 1 saturated heterocycles. The second-order valence-corrected chi connectivity index (χ2v) is 5.34. The van der Waals surface area contributed by atoms with E-state index in [1.807, 2.05) is 0 Å². The average Bonchev–Trinajstić information content (AvgIpc) is 2.89. The second kappa shape index (κ2) is 6.16. The Labute approximate surface area is 131 Å². The first-order valence-electron chi connectivity index (χ1n) is 7.16. The maximum atomic E-state index is 13.6. The molecule has 1 atom stereocenters. The molecule has 1 heterocycles. The summed E-state index contributed by atoms with van der Waals surface area (Å²) in [5, 5.41) is 2.66. The minimum Gasteiger partial charge on any atom is -0.347 e. The van der Waals surface area contributed by atoms with Crippen LogP contribution < -0.4 is 10.2 Å². The third-order valence-corrected chi connectivity index (χ3v) is 3.72. The number of benzene rings is 2. The highest BCUT2D eigenvalue weighted by molar-refractivity contribution is 5.99. The summed E-state index contributed by atoms with van der Waals surface area (Å²) >= 11 is 0. The number of hydrogen-bond donors (Lipinski definition) is 1. The zero-order chi connectivity index (χ0) is 16.4. The first kappa shape index (κ1) is 15.1. The van der Waals surface area contributed by atoms with E-state index in [9.17, 15) is 18.4 Å². The van der Waals surface area contributed by atoms with Gasteiger partial charge in [-0.15, -0.1) is 0 Å². The van der Waals surface area contributed by atoms with Gasteiger partial charge < -0.3 is 10.2 Å². The molecule has 23 heavy (non-hydrogen) atoms. The Morgan fingerprint density at radius 3 is 2.48 bits per heavy atom. The molecule has 0 aliphatic carbocycles. The normalized spacial score (nSPS) is 17.4. The maximum Gasteiger partial charge on any atom is 0.254 e. The van der Waals surface area contributed by atoms with Crippen molar-refractivity contribution in [1.29, 1.82) is 0 Å². The lowest BCUT2D eigenvalue weighted by molar-refractivity contribution is -0.117. The summed E-state index contributed by atoms with van der Waals surface area (Å²) in [7, 11) is 0. The number of anilines is 1. The molecule has 0 spiro atoms. The fraction of sp³-hybridized carbons (Fsp3) is 0.176. The van der Waals surface area contributed by atoms with Crippen molar-refractivity contribution in [3.8, 4) is 0 Å². The van der Waals surface area contributed by atoms with E-state index in [0.29, 0.717) is 5.69 Å². The summed E-state index contributed by atoms with van der Waals surface area (Å²) in [5.41, 5.74) is 0.513. The van der Waals surface area contributed by atoms with E-state index < -0.39 is 17.8 Å². The van der Waals surface area contributed by atoms with E-state index in [1.165, 1.54) is 47.4 Å². The van der Waals surface area contributed by atoms with Crippen molar-refractivity contribution in [2.24, 2.45) is 0 Å². The third kappa shape index (κ3) is 3.21. The molecule has 1 aliphatic rings. The molecule has 1 unspecified atom stereocenters. The minimum atomic E-state index is -0.607. The average molecular weight is 316 g/mol. The van der Waals surface area contributed by atoms with Crippen LogP contribution in [0.15, 0.2) is 48.5 Å². The lowest BCUT2D eigenvalue weighted by Crippen LogP contribution is -2.37. The number of nitrogens with one attached hydrogen (secondary N) is 1. The van der Waals surface area contributed by atoms with Gasteiger partial charge in [0.25, 0.3) is 5.91 Å². The van der Waals surface area contributed by atoms with Crippen molar-refractivity contribution in [2.45, 2.75) is 12.5 Å². The Kier molecular flexibility index (Phi) is 4.06. The van der Waals surface area contributed by atoms with E-state index in [2.05, 4.69) is 5.32 Å². The fourth-order valence-electron chi connectivity index (χ4n) is 2.58. The summed E-state index contributed by atoms with van der Waals surface area (Å²) in [6.07, 6.45) is 0.123. The Balaban J connectivity index is 1.69. The summed E-state index contributed by atoms with van der Waals surface area (Å²) < 4.78 is 26.5. The van der Waals surface area contributed by atoms with Crippen LogP contribution in [0.2, 0.25) is 0 Å². The molecule has 4 nitrogen and oxygen atoms in total. The molecule has 0 bridgehead atoms. The van der Waals surface area contributed by atoms with Gasteiger partial charge in [-0.05, 0) is 36.4 Å². The van der Waals surface area contributed by atoms with Crippen molar-refractivity contribution < 1.29 is 18.4 Å². The van der Waals surface area contributed by atoms with Crippen molar-refractivity contribution in [3.63, 3.8) is 0 Å². The lowest BCUT2D eigenvalue weighted by atomic mass is 10.1. The standard InChI is InChI=1S/C17H14F2N2O2/c18-11-5-7-13(8-6-11)21-10-12(9-16(21)22)20-17(23)14-3-1-2-4-15(14)19/h1-8,12H,9-10H2,(H,20,23). The van der Waals surface area contributed by atoms with Crippen molar-refractivity contribution in [3.05, 3.63) is 65.7 Å². The van der Waals surface area contributed by atoms with E-state index in [4.69, 9.17) is 0 Å². The highest BCUT2D eigenvalue weighted by Crippen LogP contribution is 2.22. The number of amides is 2. The number of rotatable bonds is 3. The summed E-state index contributed by atoms with van der Waals surface area (Å²) in [6, 6.07) is 10.8. The monoisotopic (exact) mass is 316 g/mol. The molecule has 0 radical (unpaired) electrons. The molecule has 2 aromatic carbocycles. The number of nitrogens with zero attached hydrogens (tertiary/aromatic N) is 1. The molecule has 1 N–H and O–H groups in total. The molecule has 1 fully saturated rings. The Morgan fingerprint density at radius 1 is 1.09 bits per heavy atom. The lowest BCUT2D eigenvalue weighted by Gasteiger charge is -2.17. The molecule has 118 valence electrons. The van der Waals surface area contributed by atoms with Crippen LogP contribution in [-0.4, -0.2) is 24.4 Å². The molecule has 0 aromatic heterocycles. The first-order valence-corrected chi connectivity index (χ1v) is 7.16. The molecular weight excluding hydrogens is 302 g/mol. The summed E-state index contributed by atoms with van der Waals surface area (Å²) in [4.78, 5) is 25.6. The topological polar surface area (TPSA) is 49.4 Å². The number of hydrogen-bond acceptors (Lipinski definition) is 2.